The summed E-state index contributed by atoms with van der Waals surface area (Å²) in [6.07, 6.45) is 2.08. The molecule has 0 saturated carbocycles. The number of nitrogens with zero attached hydrogens (tertiary/aromatic N) is 5. The lowest BCUT2D eigenvalue weighted by molar-refractivity contribution is -0.659. The molecule has 0 fully saturated rings. The Balaban J connectivity index is 0.000000128. The van der Waals surface area contributed by atoms with E-state index in [2.05, 4.69) is 304 Å². The van der Waals surface area contributed by atoms with Gasteiger partial charge < -0.3 is 0 Å². The largest absolute Gasteiger partial charge is 0.213 e. The van der Waals surface area contributed by atoms with Gasteiger partial charge in [0.1, 0.15) is 35.2 Å². The van der Waals surface area contributed by atoms with Crippen LogP contribution in [0.15, 0.2) is 267 Å². The van der Waals surface area contributed by atoms with E-state index >= 15 is 0 Å². The van der Waals surface area contributed by atoms with E-state index in [1.165, 1.54) is 111 Å². The lowest BCUT2D eigenvalue weighted by Gasteiger charge is -2.10. The molecule has 0 saturated heterocycles. The van der Waals surface area contributed by atoms with Crippen LogP contribution in [0.2, 0.25) is 0 Å². The van der Waals surface area contributed by atoms with Crippen LogP contribution in [-0.4, -0.2) is 0 Å². The summed E-state index contributed by atoms with van der Waals surface area (Å²) in [4.78, 5) is 0. The third kappa shape index (κ3) is 14.5. The number of aromatic nitrogens is 5. The molecule has 476 valence electrons. The van der Waals surface area contributed by atoms with Crippen molar-refractivity contribution < 1.29 is 31.1 Å². The van der Waals surface area contributed by atoms with Crippen LogP contribution in [0, 0.1) is 76.0 Å². The molecule has 5 nitrogen and oxygen atoms in total. The summed E-state index contributed by atoms with van der Waals surface area (Å²) in [6.45, 7) is 14.7. The van der Waals surface area contributed by atoms with Crippen molar-refractivity contribution in [2.45, 2.75) is 76.0 Å². The Kier molecular flexibility index (Phi) is 18.0. The second-order valence-electron chi connectivity index (χ2n) is 25.6. The number of hydrogen-bond acceptors (Lipinski definition) is 0. The first-order valence-electron chi connectivity index (χ1n) is 36.0. The molecule has 5 heteroatoms. The average molecular weight is 1260 g/mol. The van der Waals surface area contributed by atoms with Gasteiger partial charge in [0, 0.05) is 118 Å². The zero-order valence-electron chi connectivity index (χ0n) is 64.1. The van der Waals surface area contributed by atoms with E-state index in [0.29, 0.717) is 11.1 Å². The molecule has 0 atom stereocenters. The first-order chi connectivity index (χ1) is 48.7. The molecule has 0 aliphatic heterocycles. The maximum Gasteiger partial charge on any atom is 0.213 e. The highest BCUT2D eigenvalue weighted by Crippen LogP contribution is 2.30. The van der Waals surface area contributed by atoms with Gasteiger partial charge >= 0.3 is 0 Å². The van der Waals surface area contributed by atoms with Crippen molar-refractivity contribution in [3.8, 4) is 56.3 Å². The van der Waals surface area contributed by atoms with Crippen LogP contribution >= 0.6 is 0 Å². The number of pyridine rings is 5. The SMILES string of the molecule is Cc1cc(C)c(C)c(-c2ccc3ccccc3[n+]2C)c1.Cc1ccc(-c2ccc3ccccc3[n+]2C)c(C)c1.Cc1ccccc1-c1ccc2ccccc2[n+]1C.[2H]C([2H])([2H])c1cc(C)cc(-c2cc3ccccc3c[n+]2C)c1C.[2H]C([2H])([2H])c1ccc(-c2ccc3ccccc3[n+]2C)c(C)c1. The second kappa shape index (κ2) is 29.3. The van der Waals surface area contributed by atoms with Crippen molar-refractivity contribution >= 4 is 54.4 Å². The van der Waals surface area contributed by atoms with E-state index in [4.69, 9.17) is 8.22 Å². The zero-order chi connectivity index (χ0) is 72.9. The van der Waals surface area contributed by atoms with Crippen LogP contribution in [-0.2, 0) is 35.2 Å². The Labute approximate surface area is 578 Å². The van der Waals surface area contributed by atoms with Crippen LogP contribution < -0.4 is 22.8 Å². The van der Waals surface area contributed by atoms with Gasteiger partial charge in [0.25, 0.3) is 0 Å². The molecule has 15 aromatic rings. The molecule has 0 aliphatic carbocycles. The van der Waals surface area contributed by atoms with E-state index in [0.717, 1.165) is 50.1 Å². The molecule has 0 aliphatic rings. The third-order valence-electron chi connectivity index (χ3n) is 18.8. The monoisotopic (exact) mass is 1260 g/mol. The maximum absolute atomic E-state index is 7.78. The van der Waals surface area contributed by atoms with Crippen molar-refractivity contribution in [2.75, 3.05) is 0 Å². The Morgan fingerprint density at radius 2 is 0.573 bits per heavy atom. The minimum atomic E-state index is -2.10. The summed E-state index contributed by atoms with van der Waals surface area (Å²) < 4.78 is 56.9. The molecule has 0 unspecified atom stereocenters. The summed E-state index contributed by atoms with van der Waals surface area (Å²) in [5.41, 5.74) is 28.3. The standard InChI is InChI=1S/2C19H20N.2C18H18N.C17H16N/c1-13-9-14(2)15(3)18(10-13)19-11-16-7-5-6-8-17(16)12-20(19)4;1-13-11-14(2)15(3)17(12-13)19-10-9-16-7-5-6-8-18(16)20(19)4;2*1-13-8-10-16(14(2)12-13)18-11-9-15-6-4-5-7-17(15)19(18)3;1-13-7-3-5-9-15(13)17-12-11-14-8-4-6-10-16(14)18(17)2/h2*5-12H,1-4H3;2*4-12H,1-3H3;3-12H,1-2H3/q5*+1/i2D3;;1D3;;. The number of aryl methyl sites for hydroxylation is 14. The molecule has 15 rings (SSSR count). The number of fused-ring (bicyclic) bond motifs is 5. The van der Waals surface area contributed by atoms with E-state index in [-0.39, 0.29) is 0 Å². The van der Waals surface area contributed by atoms with Gasteiger partial charge in [-0.1, -0.05) is 144 Å². The van der Waals surface area contributed by atoms with Crippen LogP contribution in [0.4, 0.5) is 0 Å². The first-order valence-corrected chi connectivity index (χ1v) is 33.0. The minimum Gasteiger partial charge on any atom is -0.200 e. The quantitative estimate of drug-likeness (QED) is 0.153. The number of hydrogen-bond donors (Lipinski definition) is 0. The van der Waals surface area contributed by atoms with E-state index in [1.807, 2.05) is 65.2 Å². The number of para-hydroxylation sites is 4. The van der Waals surface area contributed by atoms with Gasteiger partial charge in [-0.3, -0.25) is 0 Å². The molecule has 0 spiro atoms. The summed E-state index contributed by atoms with van der Waals surface area (Å²) in [5, 5.41) is 7.33. The topological polar surface area (TPSA) is 19.4 Å². The average Bonchev–Trinajstić information content (AvgIpc) is 0.794. The highest BCUT2D eigenvalue weighted by molar-refractivity contribution is 5.85. The summed E-state index contributed by atoms with van der Waals surface area (Å²) in [5.74, 6) is 0. The van der Waals surface area contributed by atoms with E-state index < -0.39 is 13.7 Å². The lowest BCUT2D eigenvalue weighted by atomic mass is 9.96. The molecular formula is C91H92N5+5. The normalized spacial score (nSPS) is 12.1. The second-order valence-corrected chi connectivity index (χ2v) is 25.6. The predicted octanol–water partition coefficient (Wildman–Crippen LogP) is 20.0. The highest BCUT2D eigenvalue weighted by Gasteiger charge is 2.21. The molecule has 96 heavy (non-hydrogen) atoms. The molecular weight excluding hydrogens is 1160 g/mol. The van der Waals surface area contributed by atoms with Gasteiger partial charge in [-0.25, -0.2) is 4.57 Å². The molecule has 0 radical (unpaired) electrons. The van der Waals surface area contributed by atoms with Gasteiger partial charge in [-0.2, -0.15) is 18.3 Å². The molecule has 0 amide bonds. The van der Waals surface area contributed by atoms with Crippen molar-refractivity contribution in [2.24, 2.45) is 35.2 Å². The van der Waals surface area contributed by atoms with Gasteiger partial charge in [-0.05, 0) is 205 Å². The van der Waals surface area contributed by atoms with Crippen LogP contribution in [0.25, 0.3) is 111 Å². The van der Waals surface area contributed by atoms with Gasteiger partial charge in [0.05, 0.1) is 0 Å². The van der Waals surface area contributed by atoms with Gasteiger partial charge in [0.2, 0.25) is 50.5 Å². The Bertz CT molecular complexity index is 5630. The van der Waals surface area contributed by atoms with E-state index in [1.54, 1.807) is 18.2 Å². The summed E-state index contributed by atoms with van der Waals surface area (Å²) in [6, 6.07) is 90.3. The molecule has 10 aromatic carbocycles. The van der Waals surface area contributed by atoms with Gasteiger partial charge in [-0.15, -0.1) is 0 Å². The fourth-order valence-corrected chi connectivity index (χ4v) is 13.4. The Morgan fingerprint density at radius 1 is 0.229 bits per heavy atom. The molecule has 0 N–H and O–H groups in total. The van der Waals surface area contributed by atoms with Crippen molar-refractivity contribution in [3.05, 3.63) is 328 Å². The zero-order valence-corrected chi connectivity index (χ0v) is 58.1. The fourth-order valence-electron chi connectivity index (χ4n) is 13.4. The van der Waals surface area contributed by atoms with Crippen LogP contribution in [0.3, 0.4) is 0 Å². The smallest absolute Gasteiger partial charge is 0.200 e. The third-order valence-corrected chi connectivity index (χ3v) is 18.8. The van der Waals surface area contributed by atoms with E-state index in [9.17, 15) is 0 Å². The lowest BCUT2D eigenvalue weighted by Crippen LogP contribution is -2.32. The summed E-state index contributed by atoms with van der Waals surface area (Å²) in [7, 11) is 10.4. The first kappa shape index (κ1) is 59.0. The highest BCUT2D eigenvalue weighted by atomic mass is 15.0. The molecule has 0 bridgehead atoms. The molecule has 5 aromatic heterocycles. The Morgan fingerprint density at radius 3 is 1.01 bits per heavy atom. The maximum atomic E-state index is 7.78. The van der Waals surface area contributed by atoms with Crippen molar-refractivity contribution in [1.29, 1.82) is 0 Å². The fraction of sp³-hybridized carbons (Fsp3) is 0.176. The van der Waals surface area contributed by atoms with Crippen molar-refractivity contribution in [1.82, 2.24) is 0 Å². The Hall–Kier alpha value is -10.8. The minimum absolute atomic E-state index is 0.386. The van der Waals surface area contributed by atoms with Crippen LogP contribution in [0.1, 0.15) is 69.4 Å². The predicted molar refractivity (Wildman–Crippen MR) is 405 cm³/mol. The summed E-state index contributed by atoms with van der Waals surface area (Å²) >= 11 is 0. The van der Waals surface area contributed by atoms with Gasteiger partial charge in [0.15, 0.2) is 6.20 Å². The van der Waals surface area contributed by atoms with Crippen LogP contribution in [0.5, 0.6) is 0 Å². The number of benzene rings is 10. The molecule has 5 heterocycles. The number of rotatable bonds is 5. The van der Waals surface area contributed by atoms with Crippen molar-refractivity contribution in [3.63, 3.8) is 0 Å².